The van der Waals surface area contributed by atoms with Gasteiger partial charge in [0.2, 0.25) is 0 Å². The van der Waals surface area contributed by atoms with Crippen molar-refractivity contribution < 1.29 is 8.78 Å². The SMILES string of the molecule is CCC/C=C/c1cc(F)cc(F)c1. The van der Waals surface area contributed by atoms with Gasteiger partial charge in [0.1, 0.15) is 11.6 Å². The smallest absolute Gasteiger partial charge is 0.126 e. The second kappa shape index (κ2) is 4.75. The van der Waals surface area contributed by atoms with Crippen molar-refractivity contribution in [3.05, 3.63) is 41.5 Å². The summed E-state index contributed by atoms with van der Waals surface area (Å²) >= 11 is 0. The third kappa shape index (κ3) is 3.36. The topological polar surface area (TPSA) is 0 Å². The minimum atomic E-state index is -0.531. The zero-order valence-corrected chi connectivity index (χ0v) is 7.56. The first-order valence-electron chi connectivity index (χ1n) is 4.35. The first-order chi connectivity index (χ1) is 6.22. The molecule has 0 aliphatic heterocycles. The van der Waals surface area contributed by atoms with E-state index in [0.29, 0.717) is 5.56 Å². The van der Waals surface area contributed by atoms with E-state index >= 15 is 0 Å². The number of hydrogen-bond donors (Lipinski definition) is 0. The third-order valence-electron chi connectivity index (χ3n) is 1.65. The van der Waals surface area contributed by atoms with Crippen LogP contribution in [0.3, 0.4) is 0 Å². The lowest BCUT2D eigenvalue weighted by Gasteiger charge is -1.94. The molecule has 13 heavy (non-hydrogen) atoms. The van der Waals surface area contributed by atoms with Gasteiger partial charge in [-0.1, -0.05) is 25.5 Å². The summed E-state index contributed by atoms with van der Waals surface area (Å²) in [4.78, 5) is 0. The van der Waals surface area contributed by atoms with Crippen molar-refractivity contribution in [3.63, 3.8) is 0 Å². The van der Waals surface area contributed by atoms with Crippen LogP contribution in [0.2, 0.25) is 0 Å². The Labute approximate surface area is 76.9 Å². The Morgan fingerprint density at radius 3 is 2.31 bits per heavy atom. The van der Waals surface area contributed by atoms with Crippen molar-refractivity contribution in [2.24, 2.45) is 0 Å². The lowest BCUT2D eigenvalue weighted by Crippen LogP contribution is -1.81. The molecule has 0 unspecified atom stereocenters. The van der Waals surface area contributed by atoms with Gasteiger partial charge < -0.3 is 0 Å². The molecule has 0 heterocycles. The van der Waals surface area contributed by atoms with E-state index in [-0.39, 0.29) is 0 Å². The largest absolute Gasteiger partial charge is 0.207 e. The van der Waals surface area contributed by atoms with Crippen LogP contribution >= 0.6 is 0 Å². The molecule has 0 bridgehead atoms. The molecule has 1 rings (SSSR count). The minimum absolute atomic E-state index is 0.531. The Bertz CT molecular complexity index is 283. The lowest BCUT2D eigenvalue weighted by atomic mass is 10.2. The summed E-state index contributed by atoms with van der Waals surface area (Å²) in [5.41, 5.74) is 0.575. The van der Waals surface area contributed by atoms with E-state index in [4.69, 9.17) is 0 Å². The molecule has 0 fully saturated rings. The van der Waals surface area contributed by atoms with E-state index in [0.717, 1.165) is 18.9 Å². The van der Waals surface area contributed by atoms with Crippen LogP contribution in [0, 0.1) is 11.6 Å². The van der Waals surface area contributed by atoms with Gasteiger partial charge in [-0.2, -0.15) is 0 Å². The van der Waals surface area contributed by atoms with Crippen LogP contribution in [-0.4, -0.2) is 0 Å². The second-order valence-corrected chi connectivity index (χ2v) is 2.89. The number of halogens is 2. The van der Waals surface area contributed by atoms with Crippen LogP contribution in [0.1, 0.15) is 25.3 Å². The highest BCUT2D eigenvalue weighted by molar-refractivity contribution is 5.49. The average molecular weight is 182 g/mol. The van der Waals surface area contributed by atoms with Crippen LogP contribution in [0.15, 0.2) is 24.3 Å². The molecule has 0 nitrogen and oxygen atoms in total. The Balaban J connectivity index is 2.77. The molecule has 70 valence electrons. The number of rotatable bonds is 3. The summed E-state index contributed by atoms with van der Waals surface area (Å²) in [5, 5.41) is 0. The van der Waals surface area contributed by atoms with Gasteiger partial charge in [-0.3, -0.25) is 0 Å². The van der Waals surface area contributed by atoms with Crippen molar-refractivity contribution in [1.82, 2.24) is 0 Å². The van der Waals surface area contributed by atoms with Gasteiger partial charge in [-0.15, -0.1) is 0 Å². The van der Waals surface area contributed by atoms with E-state index in [1.807, 2.05) is 6.08 Å². The van der Waals surface area contributed by atoms with Gasteiger partial charge in [-0.25, -0.2) is 8.78 Å². The van der Waals surface area contributed by atoms with Crippen molar-refractivity contribution in [3.8, 4) is 0 Å². The summed E-state index contributed by atoms with van der Waals surface area (Å²) in [6.07, 6.45) is 5.61. The maximum atomic E-state index is 12.7. The van der Waals surface area contributed by atoms with Crippen LogP contribution < -0.4 is 0 Å². The van der Waals surface area contributed by atoms with Crippen molar-refractivity contribution in [2.45, 2.75) is 19.8 Å². The highest BCUT2D eigenvalue weighted by Gasteiger charge is 1.96. The van der Waals surface area contributed by atoms with Crippen LogP contribution in [0.4, 0.5) is 8.78 Å². The molecule has 0 amide bonds. The summed E-state index contributed by atoms with van der Waals surface area (Å²) in [6.45, 7) is 2.05. The van der Waals surface area contributed by atoms with E-state index in [1.165, 1.54) is 12.1 Å². The lowest BCUT2D eigenvalue weighted by molar-refractivity contribution is 0.583. The van der Waals surface area contributed by atoms with Gasteiger partial charge in [0.05, 0.1) is 0 Å². The standard InChI is InChI=1S/C11H12F2/c1-2-3-4-5-9-6-10(12)8-11(13)7-9/h4-8H,2-3H2,1H3/b5-4+. The predicted octanol–water partition coefficient (Wildman–Crippen LogP) is 3.78. The first-order valence-corrected chi connectivity index (χ1v) is 4.35. The number of unbranched alkanes of at least 4 members (excludes halogenated alkanes) is 1. The van der Waals surface area contributed by atoms with Gasteiger partial charge in [-0.05, 0) is 24.1 Å². The highest BCUT2D eigenvalue weighted by atomic mass is 19.1. The minimum Gasteiger partial charge on any atom is -0.207 e. The maximum Gasteiger partial charge on any atom is 0.126 e. The monoisotopic (exact) mass is 182 g/mol. The fourth-order valence-electron chi connectivity index (χ4n) is 1.06. The third-order valence-corrected chi connectivity index (χ3v) is 1.65. The molecule has 2 heteroatoms. The highest BCUT2D eigenvalue weighted by Crippen LogP contribution is 2.09. The molecule has 0 aliphatic rings. The first kappa shape index (κ1) is 9.90. The molecular weight excluding hydrogens is 170 g/mol. The van der Waals surface area contributed by atoms with Crippen LogP contribution in [0.5, 0.6) is 0 Å². The molecule has 0 saturated heterocycles. The fourth-order valence-corrected chi connectivity index (χ4v) is 1.06. The maximum absolute atomic E-state index is 12.7. The summed E-state index contributed by atoms with van der Waals surface area (Å²) in [6, 6.07) is 3.50. The summed E-state index contributed by atoms with van der Waals surface area (Å²) in [7, 11) is 0. The molecule has 0 saturated carbocycles. The Morgan fingerprint density at radius 2 is 1.77 bits per heavy atom. The van der Waals surface area contributed by atoms with Gasteiger partial charge in [0, 0.05) is 6.07 Å². The quantitative estimate of drug-likeness (QED) is 0.667. The number of allylic oxidation sites excluding steroid dienone is 1. The second-order valence-electron chi connectivity index (χ2n) is 2.89. The molecule has 0 aromatic heterocycles. The predicted molar refractivity (Wildman–Crippen MR) is 50.3 cm³/mol. The molecule has 0 spiro atoms. The van der Waals surface area contributed by atoms with E-state index < -0.39 is 11.6 Å². The zero-order chi connectivity index (χ0) is 9.68. The van der Waals surface area contributed by atoms with E-state index in [9.17, 15) is 8.78 Å². The molecule has 1 aromatic rings. The normalized spacial score (nSPS) is 11.0. The van der Waals surface area contributed by atoms with Gasteiger partial charge >= 0.3 is 0 Å². The average Bonchev–Trinajstić information content (AvgIpc) is 2.03. The molecule has 0 aliphatic carbocycles. The van der Waals surface area contributed by atoms with Crippen molar-refractivity contribution >= 4 is 6.08 Å². The van der Waals surface area contributed by atoms with Gasteiger partial charge in [0.15, 0.2) is 0 Å². The fraction of sp³-hybridized carbons (Fsp3) is 0.273. The van der Waals surface area contributed by atoms with E-state index in [1.54, 1.807) is 6.08 Å². The zero-order valence-electron chi connectivity index (χ0n) is 7.56. The molecule has 0 N–H and O–H groups in total. The Morgan fingerprint density at radius 1 is 1.15 bits per heavy atom. The van der Waals surface area contributed by atoms with Crippen LogP contribution in [-0.2, 0) is 0 Å². The van der Waals surface area contributed by atoms with Crippen molar-refractivity contribution in [2.75, 3.05) is 0 Å². The summed E-state index contributed by atoms with van der Waals surface area (Å²) < 4.78 is 25.3. The van der Waals surface area contributed by atoms with Crippen molar-refractivity contribution in [1.29, 1.82) is 0 Å². The van der Waals surface area contributed by atoms with E-state index in [2.05, 4.69) is 6.92 Å². The molecule has 0 radical (unpaired) electrons. The molecular formula is C11H12F2. The molecule has 1 aromatic carbocycles. The number of hydrogen-bond acceptors (Lipinski definition) is 0. The Hall–Kier alpha value is -1.18. The van der Waals surface area contributed by atoms with Gasteiger partial charge in [0.25, 0.3) is 0 Å². The molecule has 0 atom stereocenters. The Kier molecular flexibility index (Phi) is 3.62. The number of benzene rings is 1. The summed E-state index contributed by atoms with van der Waals surface area (Å²) in [5.74, 6) is -1.06. The van der Waals surface area contributed by atoms with Crippen LogP contribution in [0.25, 0.3) is 6.08 Å².